The van der Waals surface area contributed by atoms with Gasteiger partial charge in [0, 0.05) is 6.20 Å². The van der Waals surface area contributed by atoms with Gasteiger partial charge in [-0.2, -0.15) is 5.26 Å². The van der Waals surface area contributed by atoms with E-state index in [2.05, 4.69) is 21.4 Å². The lowest BCUT2D eigenvalue weighted by Crippen LogP contribution is -1.90. The van der Waals surface area contributed by atoms with E-state index in [1.807, 2.05) is 0 Å². The second-order valence-electron chi connectivity index (χ2n) is 3.58. The van der Waals surface area contributed by atoms with Gasteiger partial charge < -0.3 is 4.52 Å². The highest BCUT2D eigenvalue weighted by atomic mass is 16.5. The van der Waals surface area contributed by atoms with Crippen molar-refractivity contribution in [3.63, 3.8) is 0 Å². The first-order valence-corrected chi connectivity index (χ1v) is 4.96. The molecular weight excluding hydrogens is 218 g/mol. The van der Waals surface area contributed by atoms with Crippen molar-refractivity contribution in [2.45, 2.75) is 6.92 Å². The van der Waals surface area contributed by atoms with Gasteiger partial charge in [-0.25, -0.2) is 0 Å². The quantitative estimate of drug-likeness (QED) is 0.627. The highest BCUT2D eigenvalue weighted by Crippen LogP contribution is 2.21. The summed E-state index contributed by atoms with van der Waals surface area (Å²) in [6, 6.07) is 5.53. The van der Waals surface area contributed by atoms with E-state index in [-0.39, 0.29) is 0 Å². The van der Waals surface area contributed by atoms with Crippen molar-refractivity contribution in [3.05, 3.63) is 35.9 Å². The average molecular weight is 225 g/mol. The third-order valence-electron chi connectivity index (χ3n) is 2.52. The van der Waals surface area contributed by atoms with Crippen molar-refractivity contribution in [3.8, 4) is 17.5 Å². The number of aryl methyl sites for hydroxylation is 1. The third kappa shape index (κ3) is 1.37. The summed E-state index contributed by atoms with van der Waals surface area (Å²) >= 11 is 0. The average Bonchev–Trinajstić information content (AvgIpc) is 2.94. The second-order valence-corrected chi connectivity index (χ2v) is 3.58. The summed E-state index contributed by atoms with van der Waals surface area (Å²) in [7, 11) is 0. The van der Waals surface area contributed by atoms with Crippen LogP contribution in [0.1, 0.15) is 11.3 Å². The Morgan fingerprint density at radius 3 is 2.94 bits per heavy atom. The van der Waals surface area contributed by atoms with Gasteiger partial charge in [-0.3, -0.25) is 4.40 Å². The molecule has 0 amide bonds. The zero-order chi connectivity index (χ0) is 11.8. The maximum absolute atomic E-state index is 8.88. The van der Waals surface area contributed by atoms with E-state index in [0.29, 0.717) is 22.8 Å². The van der Waals surface area contributed by atoms with Crippen LogP contribution in [0.25, 0.3) is 17.0 Å². The number of nitriles is 1. The number of hydrogen-bond donors (Lipinski definition) is 0. The van der Waals surface area contributed by atoms with Gasteiger partial charge in [-0.15, -0.1) is 10.2 Å². The normalized spacial score (nSPS) is 10.6. The molecule has 0 spiro atoms. The predicted octanol–water partition coefficient (Wildman–Crippen LogP) is 1.56. The lowest BCUT2D eigenvalue weighted by Gasteiger charge is -1.97. The van der Waals surface area contributed by atoms with Crippen molar-refractivity contribution in [2.75, 3.05) is 0 Å². The smallest absolute Gasteiger partial charge is 0.173 e. The summed E-state index contributed by atoms with van der Waals surface area (Å²) in [6.45, 7) is 1.80. The van der Waals surface area contributed by atoms with Gasteiger partial charge in [0.2, 0.25) is 0 Å². The number of pyridine rings is 1. The first kappa shape index (κ1) is 9.54. The molecule has 6 nitrogen and oxygen atoms in total. The Morgan fingerprint density at radius 1 is 1.35 bits per heavy atom. The summed E-state index contributed by atoms with van der Waals surface area (Å²) in [5.41, 5.74) is 2.00. The molecule has 0 unspecified atom stereocenters. The molecule has 0 aliphatic carbocycles. The summed E-state index contributed by atoms with van der Waals surface area (Å²) < 4.78 is 6.75. The Kier molecular flexibility index (Phi) is 1.92. The Balaban J connectivity index is 2.31. The van der Waals surface area contributed by atoms with Crippen LogP contribution in [0.4, 0.5) is 0 Å². The number of aromatic nitrogens is 4. The fourth-order valence-electron chi connectivity index (χ4n) is 1.65. The topological polar surface area (TPSA) is 80.0 Å². The molecule has 6 heteroatoms. The molecule has 0 atom stereocenters. The highest BCUT2D eigenvalue weighted by molar-refractivity contribution is 5.60. The standard InChI is InChI=1S/C11H7N5O/c1-7-9(5-13-17-7)11-15-14-10-3-2-8(4-12)6-16(10)11/h2-3,5-6H,1H3. The predicted molar refractivity (Wildman–Crippen MR) is 57.9 cm³/mol. The summed E-state index contributed by atoms with van der Waals surface area (Å²) in [6.07, 6.45) is 3.28. The van der Waals surface area contributed by atoms with Gasteiger partial charge in [0.05, 0.1) is 17.3 Å². The van der Waals surface area contributed by atoms with Crippen LogP contribution in [0.5, 0.6) is 0 Å². The minimum absolute atomic E-state index is 0.549. The molecular formula is C11H7N5O. The largest absolute Gasteiger partial charge is 0.361 e. The van der Waals surface area contributed by atoms with Crippen LogP contribution in [0, 0.1) is 18.3 Å². The minimum atomic E-state index is 0.549. The molecule has 82 valence electrons. The van der Waals surface area contributed by atoms with Gasteiger partial charge in [0.25, 0.3) is 0 Å². The number of nitrogens with zero attached hydrogens (tertiary/aromatic N) is 5. The number of rotatable bonds is 1. The molecule has 0 aliphatic heterocycles. The first-order chi connectivity index (χ1) is 8.29. The highest BCUT2D eigenvalue weighted by Gasteiger charge is 2.13. The van der Waals surface area contributed by atoms with Crippen LogP contribution < -0.4 is 0 Å². The van der Waals surface area contributed by atoms with E-state index >= 15 is 0 Å². The van der Waals surface area contributed by atoms with Gasteiger partial charge in [-0.1, -0.05) is 5.16 Å². The van der Waals surface area contributed by atoms with Crippen LogP contribution in [-0.2, 0) is 0 Å². The lowest BCUT2D eigenvalue weighted by atomic mass is 10.2. The fraction of sp³-hybridized carbons (Fsp3) is 0.0909. The Labute approximate surface area is 96.1 Å². The van der Waals surface area contributed by atoms with Gasteiger partial charge >= 0.3 is 0 Å². The zero-order valence-electron chi connectivity index (χ0n) is 8.95. The molecule has 0 saturated heterocycles. The molecule has 0 fully saturated rings. The SMILES string of the molecule is Cc1oncc1-c1nnc2ccc(C#N)cn12. The van der Waals surface area contributed by atoms with Crippen LogP contribution in [0.2, 0.25) is 0 Å². The Hall–Kier alpha value is -2.68. The van der Waals surface area contributed by atoms with E-state index in [1.54, 1.807) is 35.9 Å². The molecule has 3 heterocycles. The van der Waals surface area contributed by atoms with E-state index in [4.69, 9.17) is 9.78 Å². The molecule has 0 aliphatic rings. The second kappa shape index (κ2) is 3.42. The molecule has 0 radical (unpaired) electrons. The molecule has 3 aromatic rings. The van der Waals surface area contributed by atoms with Gasteiger partial charge in [0.15, 0.2) is 11.5 Å². The van der Waals surface area contributed by atoms with Crippen molar-refractivity contribution < 1.29 is 4.52 Å². The zero-order valence-corrected chi connectivity index (χ0v) is 8.95. The van der Waals surface area contributed by atoms with Crippen LogP contribution in [-0.4, -0.2) is 19.8 Å². The van der Waals surface area contributed by atoms with E-state index in [9.17, 15) is 0 Å². The fourth-order valence-corrected chi connectivity index (χ4v) is 1.65. The number of hydrogen-bond acceptors (Lipinski definition) is 5. The van der Waals surface area contributed by atoms with E-state index < -0.39 is 0 Å². The minimum Gasteiger partial charge on any atom is -0.361 e. The van der Waals surface area contributed by atoms with Crippen LogP contribution in [0.3, 0.4) is 0 Å². The summed E-state index contributed by atoms with van der Waals surface area (Å²) in [5, 5.41) is 20.7. The molecule has 3 rings (SSSR count). The van der Waals surface area contributed by atoms with Gasteiger partial charge in [-0.05, 0) is 19.1 Å². The van der Waals surface area contributed by atoms with Gasteiger partial charge in [0.1, 0.15) is 11.8 Å². The van der Waals surface area contributed by atoms with E-state index in [1.165, 1.54) is 0 Å². The molecule has 0 saturated carbocycles. The third-order valence-corrected chi connectivity index (χ3v) is 2.52. The van der Waals surface area contributed by atoms with E-state index in [0.717, 1.165) is 5.56 Å². The van der Waals surface area contributed by atoms with Crippen molar-refractivity contribution >= 4 is 5.65 Å². The summed E-state index contributed by atoms with van der Waals surface area (Å²) in [4.78, 5) is 0. The van der Waals surface area contributed by atoms with Crippen molar-refractivity contribution in [2.24, 2.45) is 0 Å². The van der Waals surface area contributed by atoms with Crippen LogP contribution in [0.15, 0.2) is 29.0 Å². The molecule has 0 bridgehead atoms. The molecule has 0 aromatic carbocycles. The molecule has 17 heavy (non-hydrogen) atoms. The lowest BCUT2D eigenvalue weighted by molar-refractivity contribution is 0.398. The van der Waals surface area contributed by atoms with Crippen molar-refractivity contribution in [1.29, 1.82) is 5.26 Å². The first-order valence-electron chi connectivity index (χ1n) is 4.96. The van der Waals surface area contributed by atoms with Crippen LogP contribution >= 0.6 is 0 Å². The Morgan fingerprint density at radius 2 is 2.24 bits per heavy atom. The Bertz CT molecular complexity index is 734. The summed E-state index contributed by atoms with van der Waals surface area (Å²) in [5.74, 6) is 1.29. The monoisotopic (exact) mass is 225 g/mol. The molecule has 0 N–H and O–H groups in total. The molecule has 3 aromatic heterocycles. The van der Waals surface area contributed by atoms with Crippen molar-refractivity contribution in [1.82, 2.24) is 19.8 Å². The number of fused-ring (bicyclic) bond motifs is 1. The maximum atomic E-state index is 8.88. The maximum Gasteiger partial charge on any atom is 0.173 e.